The van der Waals surface area contributed by atoms with Gasteiger partial charge in [-0.2, -0.15) is 11.3 Å². The molecule has 0 amide bonds. The summed E-state index contributed by atoms with van der Waals surface area (Å²) in [7, 11) is 0. The van der Waals surface area contributed by atoms with Crippen molar-refractivity contribution in [3.8, 4) is 0 Å². The van der Waals surface area contributed by atoms with Gasteiger partial charge in [0.25, 0.3) is 0 Å². The summed E-state index contributed by atoms with van der Waals surface area (Å²) < 4.78 is 0. The number of hydrogen-bond donors (Lipinski definition) is 1. The zero-order chi connectivity index (χ0) is 9.80. The number of thiophene rings is 1. The molecular weight excluding hydrogens is 212 g/mol. The number of rotatable bonds is 4. The number of thiazole rings is 1. The lowest BCUT2D eigenvalue weighted by Gasteiger charge is -2.01. The van der Waals surface area contributed by atoms with Crippen molar-refractivity contribution in [2.24, 2.45) is 0 Å². The van der Waals surface area contributed by atoms with Gasteiger partial charge in [0.15, 0.2) is 0 Å². The van der Waals surface area contributed by atoms with E-state index in [0.29, 0.717) is 0 Å². The molecule has 2 heterocycles. The fourth-order valence-electron chi connectivity index (χ4n) is 1.22. The first-order valence-corrected chi connectivity index (χ1v) is 6.28. The highest BCUT2D eigenvalue weighted by Crippen LogP contribution is 2.13. The van der Waals surface area contributed by atoms with E-state index in [-0.39, 0.29) is 0 Å². The lowest BCUT2D eigenvalue weighted by molar-refractivity contribution is 0.699. The monoisotopic (exact) mass is 224 g/mol. The molecule has 0 fully saturated rings. The maximum atomic E-state index is 4.04. The van der Waals surface area contributed by atoms with Gasteiger partial charge in [-0.25, -0.2) is 0 Å². The Labute approximate surface area is 91.6 Å². The summed E-state index contributed by atoms with van der Waals surface area (Å²) in [6.45, 7) is 4.02. The van der Waals surface area contributed by atoms with Gasteiger partial charge in [-0.15, -0.1) is 11.3 Å². The first-order valence-electron chi connectivity index (χ1n) is 4.46. The Morgan fingerprint density at radius 3 is 2.93 bits per heavy atom. The Kier molecular flexibility index (Phi) is 3.29. The van der Waals surface area contributed by atoms with Gasteiger partial charge in [0.1, 0.15) is 0 Å². The van der Waals surface area contributed by atoms with Crippen LogP contribution < -0.4 is 5.32 Å². The molecule has 2 aromatic heterocycles. The summed E-state index contributed by atoms with van der Waals surface area (Å²) in [5.41, 5.74) is 4.65. The van der Waals surface area contributed by atoms with E-state index in [1.807, 2.05) is 11.7 Å². The predicted octanol–water partition coefficient (Wildman–Crippen LogP) is 2.80. The first-order chi connectivity index (χ1) is 6.86. The fraction of sp³-hybridized carbons (Fsp3) is 0.300. The van der Waals surface area contributed by atoms with Crippen LogP contribution in [0.2, 0.25) is 0 Å². The van der Waals surface area contributed by atoms with Crippen molar-refractivity contribution >= 4 is 22.7 Å². The predicted molar refractivity (Wildman–Crippen MR) is 61.7 cm³/mol. The average Bonchev–Trinajstić information content (AvgIpc) is 2.78. The summed E-state index contributed by atoms with van der Waals surface area (Å²) in [4.78, 5) is 5.33. The van der Waals surface area contributed by atoms with E-state index >= 15 is 0 Å². The maximum Gasteiger partial charge on any atom is 0.0794 e. The third kappa shape index (κ3) is 2.41. The second-order valence-corrected chi connectivity index (χ2v) is 4.87. The Morgan fingerprint density at radius 1 is 1.36 bits per heavy atom. The van der Waals surface area contributed by atoms with Gasteiger partial charge >= 0.3 is 0 Å². The van der Waals surface area contributed by atoms with Gasteiger partial charge in [-0.1, -0.05) is 0 Å². The molecule has 0 aliphatic heterocycles. The second-order valence-electron chi connectivity index (χ2n) is 3.15. The zero-order valence-electron chi connectivity index (χ0n) is 7.99. The fourth-order valence-corrected chi connectivity index (χ4v) is 2.64. The van der Waals surface area contributed by atoms with E-state index in [4.69, 9.17) is 0 Å². The lowest BCUT2D eigenvalue weighted by atomic mass is 10.2. The summed E-state index contributed by atoms with van der Waals surface area (Å²) in [6.07, 6.45) is 1.91. The molecule has 0 aliphatic carbocycles. The van der Waals surface area contributed by atoms with E-state index in [2.05, 4.69) is 28.0 Å². The maximum absolute atomic E-state index is 4.04. The van der Waals surface area contributed by atoms with Gasteiger partial charge < -0.3 is 5.32 Å². The van der Waals surface area contributed by atoms with Crippen molar-refractivity contribution < 1.29 is 0 Å². The molecule has 0 atom stereocenters. The van der Waals surface area contributed by atoms with Crippen LogP contribution in [0.3, 0.4) is 0 Å². The minimum atomic E-state index is 0.917. The van der Waals surface area contributed by atoms with Crippen LogP contribution in [-0.2, 0) is 13.1 Å². The number of aromatic nitrogens is 1. The van der Waals surface area contributed by atoms with E-state index in [9.17, 15) is 0 Å². The van der Waals surface area contributed by atoms with Gasteiger partial charge in [0.2, 0.25) is 0 Å². The molecule has 74 valence electrons. The van der Waals surface area contributed by atoms with Crippen LogP contribution in [0.1, 0.15) is 16.0 Å². The minimum absolute atomic E-state index is 0.917. The SMILES string of the molecule is Cc1cscc1CNCc1cncs1. The van der Waals surface area contributed by atoms with Crippen molar-refractivity contribution in [3.63, 3.8) is 0 Å². The van der Waals surface area contributed by atoms with Crippen molar-refractivity contribution in [1.29, 1.82) is 0 Å². The second kappa shape index (κ2) is 4.68. The Bertz CT molecular complexity index is 378. The van der Waals surface area contributed by atoms with E-state index < -0.39 is 0 Å². The molecule has 0 bridgehead atoms. The number of aryl methyl sites for hydroxylation is 1. The highest BCUT2D eigenvalue weighted by Gasteiger charge is 1.99. The molecule has 1 N–H and O–H groups in total. The Balaban J connectivity index is 1.81. The van der Waals surface area contributed by atoms with Gasteiger partial charge in [0, 0.05) is 24.2 Å². The zero-order valence-corrected chi connectivity index (χ0v) is 9.62. The highest BCUT2D eigenvalue weighted by molar-refractivity contribution is 7.09. The van der Waals surface area contributed by atoms with Gasteiger partial charge in [-0.05, 0) is 28.8 Å². The third-order valence-electron chi connectivity index (χ3n) is 2.06. The van der Waals surface area contributed by atoms with Crippen LogP contribution in [0.15, 0.2) is 22.5 Å². The topological polar surface area (TPSA) is 24.9 Å². The molecule has 0 unspecified atom stereocenters. The van der Waals surface area contributed by atoms with Crippen LogP contribution in [0.25, 0.3) is 0 Å². The van der Waals surface area contributed by atoms with Crippen molar-refractivity contribution in [2.75, 3.05) is 0 Å². The van der Waals surface area contributed by atoms with Crippen LogP contribution in [0, 0.1) is 6.92 Å². The summed E-state index contributed by atoms with van der Waals surface area (Å²) in [5, 5.41) is 7.80. The molecule has 14 heavy (non-hydrogen) atoms. The number of nitrogens with zero attached hydrogens (tertiary/aromatic N) is 1. The largest absolute Gasteiger partial charge is 0.308 e. The Morgan fingerprint density at radius 2 is 2.29 bits per heavy atom. The van der Waals surface area contributed by atoms with E-state index in [1.165, 1.54) is 16.0 Å². The summed E-state index contributed by atoms with van der Waals surface area (Å²) in [5.74, 6) is 0. The third-order valence-corrected chi connectivity index (χ3v) is 3.75. The quantitative estimate of drug-likeness (QED) is 0.864. The molecule has 2 nitrogen and oxygen atoms in total. The number of nitrogens with one attached hydrogen (secondary N) is 1. The number of hydrogen-bond acceptors (Lipinski definition) is 4. The minimum Gasteiger partial charge on any atom is -0.308 e. The van der Waals surface area contributed by atoms with Gasteiger partial charge in [0.05, 0.1) is 5.51 Å². The molecule has 0 spiro atoms. The van der Waals surface area contributed by atoms with Gasteiger partial charge in [-0.3, -0.25) is 4.98 Å². The molecule has 2 aromatic rings. The lowest BCUT2D eigenvalue weighted by Crippen LogP contribution is -2.11. The molecule has 0 aliphatic rings. The van der Waals surface area contributed by atoms with Crippen molar-refractivity contribution in [3.05, 3.63) is 38.5 Å². The standard InChI is InChI=1S/C10H12N2S2/c1-8-5-13-6-9(8)2-11-3-10-4-12-7-14-10/h4-7,11H,2-3H2,1H3. The normalized spacial score (nSPS) is 10.6. The van der Waals surface area contributed by atoms with E-state index in [1.54, 1.807) is 22.7 Å². The molecule has 2 rings (SSSR count). The van der Waals surface area contributed by atoms with E-state index in [0.717, 1.165) is 13.1 Å². The van der Waals surface area contributed by atoms with Crippen LogP contribution in [0.4, 0.5) is 0 Å². The first kappa shape index (κ1) is 9.83. The smallest absolute Gasteiger partial charge is 0.0794 e. The average molecular weight is 224 g/mol. The van der Waals surface area contributed by atoms with Crippen LogP contribution in [-0.4, -0.2) is 4.98 Å². The molecule has 0 saturated carbocycles. The summed E-state index contributed by atoms with van der Waals surface area (Å²) in [6, 6.07) is 0. The van der Waals surface area contributed by atoms with Crippen LogP contribution >= 0.6 is 22.7 Å². The molecular formula is C10H12N2S2. The Hall–Kier alpha value is -0.710. The molecule has 0 radical (unpaired) electrons. The summed E-state index contributed by atoms with van der Waals surface area (Å²) >= 11 is 3.46. The highest BCUT2D eigenvalue weighted by atomic mass is 32.1. The molecule has 4 heteroatoms. The van der Waals surface area contributed by atoms with Crippen LogP contribution in [0.5, 0.6) is 0 Å². The molecule has 0 aromatic carbocycles. The van der Waals surface area contributed by atoms with Crippen molar-refractivity contribution in [2.45, 2.75) is 20.0 Å². The van der Waals surface area contributed by atoms with Crippen molar-refractivity contribution in [1.82, 2.24) is 10.3 Å². The molecule has 0 saturated heterocycles.